The first-order valence-corrected chi connectivity index (χ1v) is 5.48. The molecule has 0 saturated heterocycles. The van der Waals surface area contributed by atoms with Gasteiger partial charge in [-0.1, -0.05) is 37.0 Å². The smallest absolute Gasteiger partial charge is 0.145 e. The standard InChI is InChI=1S/C9H15NOS2/c1-4-6-10-9(12)13-7(3)8(11)5-2/h4,7H,1,5-6H2,2-3H3,(H,10,12). The van der Waals surface area contributed by atoms with Crippen molar-refractivity contribution < 1.29 is 4.79 Å². The molecule has 13 heavy (non-hydrogen) atoms. The Balaban J connectivity index is 3.77. The van der Waals surface area contributed by atoms with Gasteiger partial charge < -0.3 is 5.32 Å². The topological polar surface area (TPSA) is 29.1 Å². The average Bonchev–Trinajstić information content (AvgIpc) is 2.13. The summed E-state index contributed by atoms with van der Waals surface area (Å²) in [6.07, 6.45) is 2.30. The fourth-order valence-electron chi connectivity index (χ4n) is 0.711. The zero-order chi connectivity index (χ0) is 10.3. The highest BCUT2D eigenvalue weighted by molar-refractivity contribution is 8.23. The maximum Gasteiger partial charge on any atom is 0.145 e. The first kappa shape index (κ1) is 12.7. The number of hydrogen-bond donors (Lipinski definition) is 1. The lowest BCUT2D eigenvalue weighted by Gasteiger charge is -2.10. The highest BCUT2D eigenvalue weighted by atomic mass is 32.2. The number of thiocarbonyl (C=S) groups is 1. The monoisotopic (exact) mass is 217 g/mol. The van der Waals surface area contributed by atoms with Gasteiger partial charge in [0.15, 0.2) is 0 Å². The molecule has 0 aliphatic heterocycles. The zero-order valence-corrected chi connectivity index (χ0v) is 9.63. The summed E-state index contributed by atoms with van der Waals surface area (Å²) >= 11 is 6.41. The molecule has 0 fully saturated rings. The number of Topliss-reactive ketones (excluding diaryl/α,β-unsaturated/α-hetero) is 1. The second-order valence-corrected chi connectivity index (χ2v) is 4.55. The Morgan fingerprint density at radius 3 is 2.85 bits per heavy atom. The molecule has 0 bridgehead atoms. The van der Waals surface area contributed by atoms with Crippen molar-refractivity contribution in [3.8, 4) is 0 Å². The van der Waals surface area contributed by atoms with E-state index in [0.29, 0.717) is 17.3 Å². The van der Waals surface area contributed by atoms with Crippen molar-refractivity contribution in [2.24, 2.45) is 0 Å². The predicted octanol–water partition coefficient (Wildman–Crippen LogP) is 2.15. The van der Waals surface area contributed by atoms with Crippen molar-refractivity contribution in [3.05, 3.63) is 12.7 Å². The SMILES string of the molecule is C=CCNC(=S)SC(C)C(=O)CC. The van der Waals surface area contributed by atoms with Crippen LogP contribution in [0.3, 0.4) is 0 Å². The van der Waals surface area contributed by atoms with Gasteiger partial charge in [-0.3, -0.25) is 4.79 Å². The summed E-state index contributed by atoms with van der Waals surface area (Å²) in [5.41, 5.74) is 0. The lowest BCUT2D eigenvalue weighted by molar-refractivity contribution is -0.117. The van der Waals surface area contributed by atoms with Crippen LogP contribution in [0.2, 0.25) is 0 Å². The number of ketones is 1. The number of carbonyl (C=O) groups is 1. The number of nitrogens with one attached hydrogen (secondary N) is 1. The minimum absolute atomic E-state index is 0.0465. The second kappa shape index (κ2) is 7.09. The van der Waals surface area contributed by atoms with Gasteiger partial charge in [0.1, 0.15) is 10.1 Å². The highest BCUT2D eigenvalue weighted by Crippen LogP contribution is 2.13. The van der Waals surface area contributed by atoms with Crippen molar-refractivity contribution in [1.82, 2.24) is 5.32 Å². The molecule has 74 valence electrons. The Morgan fingerprint density at radius 2 is 2.38 bits per heavy atom. The first-order chi connectivity index (χ1) is 6.11. The van der Waals surface area contributed by atoms with Gasteiger partial charge in [-0.05, 0) is 6.92 Å². The maximum absolute atomic E-state index is 11.2. The lowest BCUT2D eigenvalue weighted by atomic mass is 10.2. The van der Waals surface area contributed by atoms with Crippen molar-refractivity contribution in [3.63, 3.8) is 0 Å². The Labute approximate surface area is 89.2 Å². The van der Waals surface area contributed by atoms with Gasteiger partial charge in [0.25, 0.3) is 0 Å². The Hall–Kier alpha value is -0.350. The van der Waals surface area contributed by atoms with Crippen LogP contribution in [-0.2, 0) is 4.79 Å². The number of thioether (sulfide) groups is 1. The van der Waals surface area contributed by atoms with Gasteiger partial charge in [0, 0.05) is 13.0 Å². The van der Waals surface area contributed by atoms with Gasteiger partial charge in [-0.15, -0.1) is 6.58 Å². The Morgan fingerprint density at radius 1 is 1.77 bits per heavy atom. The summed E-state index contributed by atoms with van der Waals surface area (Å²) in [4.78, 5) is 11.2. The van der Waals surface area contributed by atoms with Crippen LogP contribution in [0.25, 0.3) is 0 Å². The summed E-state index contributed by atoms with van der Waals surface area (Å²) in [5.74, 6) is 0.229. The van der Waals surface area contributed by atoms with Gasteiger partial charge >= 0.3 is 0 Å². The highest BCUT2D eigenvalue weighted by Gasteiger charge is 2.12. The van der Waals surface area contributed by atoms with Crippen molar-refractivity contribution in [2.45, 2.75) is 25.5 Å². The van der Waals surface area contributed by atoms with E-state index in [9.17, 15) is 4.79 Å². The van der Waals surface area contributed by atoms with Crippen molar-refractivity contribution >= 4 is 34.1 Å². The molecule has 1 N–H and O–H groups in total. The molecule has 0 radical (unpaired) electrons. The molecule has 0 heterocycles. The molecule has 1 atom stereocenters. The summed E-state index contributed by atoms with van der Waals surface area (Å²) in [6.45, 7) is 7.95. The molecular weight excluding hydrogens is 202 g/mol. The van der Waals surface area contributed by atoms with Crippen molar-refractivity contribution in [2.75, 3.05) is 6.54 Å². The molecular formula is C9H15NOS2. The average molecular weight is 217 g/mol. The molecule has 2 nitrogen and oxygen atoms in total. The third-order valence-electron chi connectivity index (χ3n) is 1.48. The van der Waals surface area contributed by atoms with E-state index in [1.807, 2.05) is 13.8 Å². The van der Waals surface area contributed by atoms with Gasteiger partial charge in [0.05, 0.1) is 5.25 Å². The van der Waals surface area contributed by atoms with Crippen LogP contribution in [-0.4, -0.2) is 21.9 Å². The van der Waals surface area contributed by atoms with Crippen LogP contribution < -0.4 is 5.32 Å². The molecule has 0 aromatic heterocycles. The van der Waals surface area contributed by atoms with E-state index in [-0.39, 0.29) is 11.0 Å². The number of hydrogen-bond acceptors (Lipinski definition) is 3. The van der Waals surface area contributed by atoms with Crippen LogP contribution in [0, 0.1) is 0 Å². The molecule has 0 rings (SSSR count). The fraction of sp³-hybridized carbons (Fsp3) is 0.556. The third-order valence-corrected chi connectivity index (χ3v) is 2.88. The van der Waals surface area contributed by atoms with Crippen LogP contribution in [0.5, 0.6) is 0 Å². The second-order valence-electron chi connectivity index (χ2n) is 2.54. The van der Waals surface area contributed by atoms with Crippen molar-refractivity contribution in [1.29, 1.82) is 0 Å². The quantitative estimate of drug-likeness (QED) is 0.564. The Bertz CT molecular complexity index is 204. The molecule has 0 spiro atoms. The van der Waals surface area contributed by atoms with E-state index in [2.05, 4.69) is 11.9 Å². The van der Waals surface area contributed by atoms with Crippen LogP contribution in [0.15, 0.2) is 12.7 Å². The van der Waals surface area contributed by atoms with E-state index in [0.717, 1.165) is 0 Å². The fourth-order valence-corrected chi connectivity index (χ4v) is 2.01. The number of carbonyl (C=O) groups excluding carboxylic acids is 1. The van der Waals surface area contributed by atoms with Gasteiger partial charge in [0.2, 0.25) is 0 Å². The molecule has 0 amide bonds. The normalized spacial score (nSPS) is 11.8. The van der Waals surface area contributed by atoms with Crippen LogP contribution >= 0.6 is 24.0 Å². The van der Waals surface area contributed by atoms with E-state index in [1.165, 1.54) is 11.8 Å². The summed E-state index contributed by atoms with van der Waals surface area (Å²) in [7, 11) is 0. The summed E-state index contributed by atoms with van der Waals surface area (Å²) in [5, 5.41) is 2.92. The van der Waals surface area contributed by atoms with E-state index < -0.39 is 0 Å². The van der Waals surface area contributed by atoms with E-state index in [1.54, 1.807) is 6.08 Å². The molecule has 0 aliphatic rings. The zero-order valence-electron chi connectivity index (χ0n) is 8.00. The molecule has 1 unspecified atom stereocenters. The van der Waals surface area contributed by atoms with Gasteiger partial charge in [-0.2, -0.15) is 0 Å². The van der Waals surface area contributed by atoms with Gasteiger partial charge in [-0.25, -0.2) is 0 Å². The molecule has 0 saturated carbocycles. The lowest BCUT2D eigenvalue weighted by Crippen LogP contribution is -2.23. The minimum Gasteiger partial charge on any atom is -0.368 e. The number of rotatable bonds is 5. The maximum atomic E-state index is 11.2. The molecule has 0 aromatic carbocycles. The molecule has 0 aromatic rings. The summed E-state index contributed by atoms with van der Waals surface area (Å²) in [6, 6.07) is 0. The third kappa shape index (κ3) is 5.82. The minimum atomic E-state index is -0.0465. The Kier molecular flexibility index (Phi) is 6.90. The van der Waals surface area contributed by atoms with E-state index in [4.69, 9.17) is 12.2 Å². The molecule has 0 aliphatic carbocycles. The predicted molar refractivity (Wildman–Crippen MR) is 63.1 cm³/mol. The first-order valence-electron chi connectivity index (χ1n) is 4.19. The van der Waals surface area contributed by atoms with E-state index >= 15 is 0 Å². The van der Waals surface area contributed by atoms with Crippen LogP contribution in [0.4, 0.5) is 0 Å². The summed E-state index contributed by atoms with van der Waals surface area (Å²) < 4.78 is 0.661. The molecule has 4 heteroatoms. The van der Waals surface area contributed by atoms with Crippen LogP contribution in [0.1, 0.15) is 20.3 Å². The largest absolute Gasteiger partial charge is 0.368 e.